The highest BCUT2D eigenvalue weighted by molar-refractivity contribution is 5.49. The van der Waals surface area contributed by atoms with Crippen LogP contribution in [0.1, 0.15) is 34.1 Å². The molecular weight excluding hydrogens is 226 g/mol. The molecule has 0 aromatic carbocycles. The molecule has 4 heteroatoms. The molecule has 4 nitrogen and oxygen atoms in total. The normalized spacial score (nSPS) is 13.2. The fourth-order valence-electron chi connectivity index (χ4n) is 1.88. The lowest BCUT2D eigenvalue weighted by Crippen LogP contribution is -2.33. The summed E-state index contributed by atoms with van der Waals surface area (Å²) in [5.41, 5.74) is 6.34. The maximum Gasteiger partial charge on any atom is 0.168 e. The van der Waals surface area contributed by atoms with Gasteiger partial charge in [0.25, 0.3) is 0 Å². The molecule has 0 amide bonds. The van der Waals surface area contributed by atoms with Gasteiger partial charge in [0.1, 0.15) is 0 Å². The van der Waals surface area contributed by atoms with Crippen molar-refractivity contribution in [3.05, 3.63) is 18.3 Å². The van der Waals surface area contributed by atoms with Gasteiger partial charge in [-0.1, -0.05) is 20.8 Å². The van der Waals surface area contributed by atoms with Gasteiger partial charge in [0, 0.05) is 18.8 Å². The molecule has 0 aliphatic rings. The first-order valence-corrected chi connectivity index (χ1v) is 6.49. The fraction of sp³-hybridized carbons (Fsp3) is 0.643. The summed E-state index contributed by atoms with van der Waals surface area (Å²) in [6, 6.07) is 3.89. The van der Waals surface area contributed by atoms with E-state index < -0.39 is 0 Å². The number of ether oxygens (including phenoxy) is 1. The molecule has 1 heterocycles. The maximum absolute atomic E-state index is 6.10. The van der Waals surface area contributed by atoms with E-state index in [-0.39, 0.29) is 11.5 Å². The Kier molecular flexibility index (Phi) is 5.41. The average Bonchev–Trinajstić information content (AvgIpc) is 2.26. The quantitative estimate of drug-likeness (QED) is 0.816. The third-order valence-electron chi connectivity index (χ3n) is 2.48. The highest BCUT2D eigenvalue weighted by Gasteiger charge is 2.16. The van der Waals surface area contributed by atoms with E-state index >= 15 is 0 Å². The van der Waals surface area contributed by atoms with Crippen molar-refractivity contribution in [3.63, 3.8) is 0 Å². The molecule has 0 aliphatic heterocycles. The molecule has 3 N–H and O–H groups in total. The van der Waals surface area contributed by atoms with Crippen LogP contribution < -0.4 is 15.8 Å². The Labute approximate surface area is 110 Å². The topological polar surface area (TPSA) is 60.2 Å². The van der Waals surface area contributed by atoms with Crippen molar-refractivity contribution in [3.8, 4) is 5.75 Å². The molecule has 0 radical (unpaired) electrons. The molecule has 102 valence electrons. The molecule has 0 saturated heterocycles. The van der Waals surface area contributed by atoms with Gasteiger partial charge in [0.05, 0.1) is 6.61 Å². The van der Waals surface area contributed by atoms with Crippen molar-refractivity contribution in [2.75, 3.05) is 18.5 Å². The molecule has 0 bridgehead atoms. The zero-order valence-corrected chi connectivity index (χ0v) is 11.9. The molecule has 1 aromatic heterocycles. The smallest absolute Gasteiger partial charge is 0.168 e. The fourth-order valence-corrected chi connectivity index (χ4v) is 1.88. The highest BCUT2D eigenvalue weighted by atomic mass is 16.5. The van der Waals surface area contributed by atoms with Gasteiger partial charge in [-0.2, -0.15) is 0 Å². The van der Waals surface area contributed by atoms with Gasteiger partial charge in [0.15, 0.2) is 11.6 Å². The van der Waals surface area contributed by atoms with E-state index in [9.17, 15) is 0 Å². The van der Waals surface area contributed by atoms with Gasteiger partial charge < -0.3 is 15.8 Å². The van der Waals surface area contributed by atoms with Crippen LogP contribution in [0, 0.1) is 5.41 Å². The van der Waals surface area contributed by atoms with Crippen LogP contribution >= 0.6 is 0 Å². The van der Waals surface area contributed by atoms with Crippen LogP contribution in [0.4, 0.5) is 5.82 Å². The van der Waals surface area contributed by atoms with E-state index in [2.05, 4.69) is 31.1 Å². The number of pyridine rings is 1. The summed E-state index contributed by atoms with van der Waals surface area (Å²) in [6.45, 7) is 9.88. The molecular formula is C14H25N3O. The first-order valence-electron chi connectivity index (χ1n) is 6.49. The van der Waals surface area contributed by atoms with Gasteiger partial charge in [-0.15, -0.1) is 0 Å². The van der Waals surface area contributed by atoms with Crippen LogP contribution in [-0.2, 0) is 0 Å². The predicted molar refractivity (Wildman–Crippen MR) is 75.9 cm³/mol. The summed E-state index contributed by atoms with van der Waals surface area (Å²) in [7, 11) is 0. The first kappa shape index (κ1) is 14.8. The Bertz CT molecular complexity index is 360. The number of aromatic nitrogens is 1. The molecule has 0 aliphatic carbocycles. The first-order chi connectivity index (χ1) is 8.42. The minimum Gasteiger partial charge on any atom is -0.490 e. The maximum atomic E-state index is 6.10. The number of anilines is 1. The second-order valence-corrected chi connectivity index (χ2v) is 5.69. The van der Waals surface area contributed by atoms with Crippen LogP contribution in [0.5, 0.6) is 5.75 Å². The zero-order valence-electron chi connectivity index (χ0n) is 11.9. The van der Waals surface area contributed by atoms with E-state index in [0.29, 0.717) is 13.2 Å². The third-order valence-corrected chi connectivity index (χ3v) is 2.48. The molecule has 18 heavy (non-hydrogen) atoms. The third kappa shape index (κ3) is 5.36. The lowest BCUT2D eigenvalue weighted by molar-refractivity contribution is 0.338. The summed E-state index contributed by atoms with van der Waals surface area (Å²) in [4.78, 5) is 4.27. The van der Waals surface area contributed by atoms with Crippen molar-refractivity contribution in [2.45, 2.75) is 40.2 Å². The Morgan fingerprint density at radius 1 is 1.44 bits per heavy atom. The van der Waals surface area contributed by atoms with Gasteiger partial charge in [-0.05, 0) is 30.9 Å². The van der Waals surface area contributed by atoms with Crippen LogP contribution in [0.2, 0.25) is 0 Å². The van der Waals surface area contributed by atoms with Gasteiger partial charge in [0.2, 0.25) is 0 Å². The molecule has 0 fully saturated rings. The Morgan fingerprint density at radius 2 is 2.17 bits per heavy atom. The predicted octanol–water partition coefficient (Wildman–Crippen LogP) is 2.66. The largest absolute Gasteiger partial charge is 0.490 e. The van der Waals surface area contributed by atoms with Crippen molar-refractivity contribution in [1.29, 1.82) is 0 Å². The van der Waals surface area contributed by atoms with E-state index in [1.165, 1.54) is 0 Å². The van der Waals surface area contributed by atoms with Gasteiger partial charge >= 0.3 is 0 Å². The second-order valence-electron chi connectivity index (χ2n) is 5.69. The van der Waals surface area contributed by atoms with E-state index in [1.54, 1.807) is 6.20 Å². The van der Waals surface area contributed by atoms with E-state index in [0.717, 1.165) is 18.0 Å². The van der Waals surface area contributed by atoms with Gasteiger partial charge in [-0.25, -0.2) is 4.98 Å². The number of nitrogens with zero attached hydrogens (tertiary/aromatic N) is 1. The second kappa shape index (κ2) is 6.59. The van der Waals surface area contributed by atoms with Gasteiger partial charge in [-0.3, -0.25) is 0 Å². The lowest BCUT2D eigenvalue weighted by atomic mass is 9.88. The molecule has 1 unspecified atom stereocenters. The summed E-state index contributed by atoms with van der Waals surface area (Å²) in [6.07, 6.45) is 2.72. The number of rotatable bonds is 6. The Balaban J connectivity index is 2.52. The van der Waals surface area contributed by atoms with Crippen LogP contribution in [0.25, 0.3) is 0 Å². The summed E-state index contributed by atoms with van der Waals surface area (Å²) in [5.74, 6) is 1.55. The lowest BCUT2D eigenvalue weighted by Gasteiger charge is -2.23. The minimum absolute atomic E-state index is 0.112. The molecule has 1 rings (SSSR count). The average molecular weight is 251 g/mol. The zero-order chi connectivity index (χ0) is 13.6. The van der Waals surface area contributed by atoms with Crippen LogP contribution in [0.15, 0.2) is 18.3 Å². The highest BCUT2D eigenvalue weighted by Crippen LogP contribution is 2.22. The standard InChI is InChI=1S/C14H25N3O/c1-5-18-12-7-6-8-16-13(12)17-10-11(15)9-14(2,3)4/h6-8,11H,5,9-10,15H2,1-4H3,(H,16,17). The van der Waals surface area contributed by atoms with Crippen molar-refractivity contribution >= 4 is 5.82 Å². The van der Waals surface area contributed by atoms with Crippen molar-refractivity contribution in [2.24, 2.45) is 11.1 Å². The van der Waals surface area contributed by atoms with E-state index in [1.807, 2.05) is 19.1 Å². The van der Waals surface area contributed by atoms with Crippen LogP contribution in [-0.4, -0.2) is 24.2 Å². The summed E-state index contributed by atoms with van der Waals surface area (Å²) in [5, 5.41) is 3.26. The molecule has 0 saturated carbocycles. The number of hydrogen-bond donors (Lipinski definition) is 2. The van der Waals surface area contributed by atoms with E-state index in [4.69, 9.17) is 10.5 Å². The molecule has 1 aromatic rings. The number of hydrogen-bond acceptors (Lipinski definition) is 4. The number of nitrogens with one attached hydrogen (secondary N) is 1. The Hall–Kier alpha value is -1.29. The van der Waals surface area contributed by atoms with Crippen molar-refractivity contribution in [1.82, 2.24) is 4.98 Å². The molecule has 0 spiro atoms. The van der Waals surface area contributed by atoms with Crippen molar-refractivity contribution < 1.29 is 4.74 Å². The molecule has 1 atom stereocenters. The summed E-state index contributed by atoms with van der Waals surface area (Å²) < 4.78 is 5.50. The Morgan fingerprint density at radius 3 is 2.78 bits per heavy atom. The SMILES string of the molecule is CCOc1cccnc1NCC(N)CC(C)(C)C. The summed E-state index contributed by atoms with van der Waals surface area (Å²) >= 11 is 0. The monoisotopic (exact) mass is 251 g/mol. The number of nitrogens with two attached hydrogens (primary N) is 1. The minimum atomic E-state index is 0.112. The van der Waals surface area contributed by atoms with Crippen LogP contribution in [0.3, 0.4) is 0 Å².